The highest BCUT2D eigenvalue weighted by Crippen LogP contribution is 2.44. The van der Waals surface area contributed by atoms with Gasteiger partial charge in [-0.3, -0.25) is 9.59 Å². The number of carbonyl (C=O) groups is 3. The van der Waals surface area contributed by atoms with Crippen molar-refractivity contribution in [1.29, 1.82) is 0 Å². The molecule has 0 aromatic heterocycles. The molecule has 0 saturated heterocycles. The number of halogens is 3. The molecule has 3 rings (SSSR count). The van der Waals surface area contributed by atoms with E-state index in [1.54, 1.807) is 0 Å². The van der Waals surface area contributed by atoms with Gasteiger partial charge >= 0.3 is 18.2 Å². The van der Waals surface area contributed by atoms with Gasteiger partial charge in [-0.2, -0.15) is 13.2 Å². The third kappa shape index (κ3) is 6.72. The molecule has 35 heavy (non-hydrogen) atoms. The summed E-state index contributed by atoms with van der Waals surface area (Å²) in [6.45, 7) is -3.07. The Labute approximate surface area is 199 Å². The molecule has 11 heteroatoms. The first-order valence-electron chi connectivity index (χ1n) is 10.8. The molecule has 0 radical (unpaired) electrons. The smallest absolute Gasteiger partial charge is 0.407 e. The lowest BCUT2D eigenvalue weighted by molar-refractivity contribution is -0.166. The Kier molecular flexibility index (Phi) is 8.34. The van der Waals surface area contributed by atoms with Gasteiger partial charge in [0.2, 0.25) is 5.91 Å². The largest absolute Gasteiger partial charge is 0.480 e. The number of carboxylic acid groups (broad SMARTS) is 1. The lowest BCUT2D eigenvalue weighted by atomic mass is 9.98. The molecule has 0 bridgehead atoms. The van der Waals surface area contributed by atoms with Crippen LogP contribution in [0, 0.1) is 0 Å². The maximum atomic E-state index is 12.9. The zero-order valence-electron chi connectivity index (χ0n) is 18.9. The minimum Gasteiger partial charge on any atom is -0.480 e. The predicted octanol–water partition coefficient (Wildman–Crippen LogP) is 3.41. The van der Waals surface area contributed by atoms with Crippen LogP contribution in [0.25, 0.3) is 11.1 Å². The Morgan fingerprint density at radius 2 is 1.63 bits per heavy atom. The molecule has 1 aliphatic carbocycles. The zero-order valence-corrected chi connectivity index (χ0v) is 18.9. The van der Waals surface area contributed by atoms with Gasteiger partial charge in [0.05, 0.1) is 0 Å². The fourth-order valence-electron chi connectivity index (χ4n) is 4.09. The second-order valence-electron chi connectivity index (χ2n) is 8.01. The first kappa shape index (κ1) is 26.0. The third-order valence-electron chi connectivity index (χ3n) is 5.55. The zero-order chi connectivity index (χ0) is 25.6. The first-order valence-corrected chi connectivity index (χ1v) is 10.8. The number of alkyl carbamates (subject to hydrolysis) is 1. The van der Waals surface area contributed by atoms with Gasteiger partial charge in [0.25, 0.3) is 0 Å². The van der Waals surface area contributed by atoms with Gasteiger partial charge in [-0.25, -0.2) is 4.79 Å². The highest BCUT2D eigenvalue weighted by Gasteiger charge is 2.37. The van der Waals surface area contributed by atoms with Crippen LogP contribution in [0.4, 0.5) is 18.0 Å². The molecule has 0 fully saturated rings. The molecular weight excluding hydrogens is 469 g/mol. The summed E-state index contributed by atoms with van der Waals surface area (Å²) >= 11 is 0. The van der Waals surface area contributed by atoms with Crippen molar-refractivity contribution < 1.29 is 42.1 Å². The number of fused-ring (bicyclic) bond motifs is 3. The van der Waals surface area contributed by atoms with E-state index < -0.39 is 43.3 Å². The van der Waals surface area contributed by atoms with Crippen LogP contribution in [0.15, 0.2) is 48.5 Å². The molecule has 188 valence electrons. The normalized spacial score (nSPS) is 13.5. The van der Waals surface area contributed by atoms with Crippen LogP contribution in [0.1, 0.15) is 23.5 Å². The minimum atomic E-state index is -4.82. The molecule has 1 atom stereocenters. The van der Waals surface area contributed by atoms with Crippen LogP contribution >= 0.6 is 0 Å². The molecule has 2 amide bonds. The van der Waals surface area contributed by atoms with Crippen molar-refractivity contribution in [2.24, 2.45) is 0 Å². The van der Waals surface area contributed by atoms with Crippen molar-refractivity contribution in [1.82, 2.24) is 10.2 Å². The molecule has 0 aliphatic heterocycles. The van der Waals surface area contributed by atoms with Gasteiger partial charge < -0.3 is 24.8 Å². The molecule has 2 aromatic carbocycles. The maximum Gasteiger partial charge on any atom is 0.407 e. The Hall–Kier alpha value is -3.60. The Bertz CT molecular complexity index is 1030. The van der Waals surface area contributed by atoms with Crippen molar-refractivity contribution in [2.75, 3.05) is 33.4 Å². The molecule has 0 saturated carbocycles. The summed E-state index contributed by atoms with van der Waals surface area (Å²) < 4.78 is 49.0. The number of hydrogen-bond acceptors (Lipinski definition) is 5. The van der Waals surface area contributed by atoms with E-state index in [1.165, 1.54) is 7.11 Å². The Balaban J connectivity index is 1.71. The topological polar surface area (TPSA) is 105 Å². The number of alkyl halides is 3. The van der Waals surface area contributed by atoms with Gasteiger partial charge in [0.15, 0.2) is 0 Å². The van der Waals surface area contributed by atoms with Crippen LogP contribution in [0.3, 0.4) is 0 Å². The summed E-state index contributed by atoms with van der Waals surface area (Å²) in [5.74, 6) is -3.07. The van der Waals surface area contributed by atoms with Gasteiger partial charge in [-0.05, 0) is 22.3 Å². The van der Waals surface area contributed by atoms with E-state index in [9.17, 15) is 27.6 Å². The molecular formula is C24H25F3N2O6. The second-order valence-corrected chi connectivity index (χ2v) is 8.01. The van der Waals surface area contributed by atoms with Gasteiger partial charge in [0.1, 0.15) is 25.7 Å². The highest BCUT2D eigenvalue weighted by molar-refractivity contribution is 5.88. The van der Waals surface area contributed by atoms with E-state index in [4.69, 9.17) is 14.6 Å². The molecule has 1 aliphatic rings. The minimum absolute atomic E-state index is 0.0625. The van der Waals surface area contributed by atoms with Gasteiger partial charge in [-0.15, -0.1) is 0 Å². The number of carbonyl (C=O) groups excluding carboxylic acids is 2. The SMILES string of the molecule is COCCC(NC(=O)OCC1c2ccccc2-c2ccccc21)C(=O)N(CC(=O)O)CC(F)(F)F. The highest BCUT2D eigenvalue weighted by atomic mass is 19.4. The fourth-order valence-corrected chi connectivity index (χ4v) is 4.09. The van der Waals surface area contributed by atoms with Crippen molar-refractivity contribution in [3.8, 4) is 11.1 Å². The van der Waals surface area contributed by atoms with E-state index in [0.29, 0.717) is 0 Å². The Morgan fingerprint density at radius 1 is 1.06 bits per heavy atom. The molecule has 1 unspecified atom stereocenters. The van der Waals surface area contributed by atoms with Crippen molar-refractivity contribution in [3.63, 3.8) is 0 Å². The summed E-state index contributed by atoms with van der Waals surface area (Å²) in [6.07, 6.45) is -6.00. The first-order chi connectivity index (χ1) is 16.6. The van der Waals surface area contributed by atoms with Crippen LogP contribution in [0.5, 0.6) is 0 Å². The summed E-state index contributed by atoms with van der Waals surface area (Å²) in [5.41, 5.74) is 3.96. The number of nitrogens with one attached hydrogen (secondary N) is 1. The monoisotopic (exact) mass is 494 g/mol. The standard InChI is InChI=1S/C24H25F3N2O6/c1-34-11-10-20(22(32)29(12-21(30)31)14-24(25,26)27)28-23(33)35-13-19-17-8-4-2-6-15(17)16-7-3-5-9-18(16)19/h2-9,19-20H,10-14H2,1H3,(H,28,33)(H,30,31). The van der Waals surface area contributed by atoms with Crippen LogP contribution in [-0.2, 0) is 19.1 Å². The lowest BCUT2D eigenvalue weighted by Gasteiger charge is -2.27. The van der Waals surface area contributed by atoms with Crippen molar-refractivity contribution in [3.05, 3.63) is 59.7 Å². The fraction of sp³-hybridized carbons (Fsp3) is 0.375. The number of carboxylic acids is 1. The summed E-state index contributed by atoms with van der Waals surface area (Å²) in [6, 6.07) is 13.9. The van der Waals surface area contributed by atoms with E-state index in [-0.39, 0.29) is 30.5 Å². The van der Waals surface area contributed by atoms with Gasteiger partial charge in [-0.1, -0.05) is 48.5 Å². The Morgan fingerprint density at radius 3 is 2.14 bits per heavy atom. The number of ether oxygens (including phenoxy) is 2. The van der Waals surface area contributed by atoms with Crippen LogP contribution in [-0.4, -0.2) is 73.6 Å². The van der Waals surface area contributed by atoms with Crippen molar-refractivity contribution in [2.45, 2.75) is 24.6 Å². The van der Waals surface area contributed by atoms with E-state index in [2.05, 4.69) is 5.32 Å². The number of aliphatic carboxylic acids is 1. The average Bonchev–Trinajstić information content (AvgIpc) is 3.12. The molecule has 2 aromatic rings. The summed E-state index contributed by atoms with van der Waals surface area (Å²) in [4.78, 5) is 36.4. The predicted molar refractivity (Wildman–Crippen MR) is 119 cm³/mol. The lowest BCUT2D eigenvalue weighted by Crippen LogP contribution is -2.52. The van der Waals surface area contributed by atoms with Gasteiger partial charge in [0, 0.05) is 26.1 Å². The van der Waals surface area contributed by atoms with E-state index >= 15 is 0 Å². The average molecular weight is 494 g/mol. The quantitative estimate of drug-likeness (QED) is 0.525. The van der Waals surface area contributed by atoms with E-state index in [0.717, 1.165) is 22.3 Å². The van der Waals surface area contributed by atoms with Crippen LogP contribution in [0.2, 0.25) is 0 Å². The van der Waals surface area contributed by atoms with E-state index in [1.807, 2.05) is 48.5 Å². The molecule has 2 N–H and O–H groups in total. The number of benzene rings is 2. The molecule has 0 heterocycles. The summed E-state index contributed by atoms with van der Waals surface area (Å²) in [5, 5.41) is 11.2. The third-order valence-corrected chi connectivity index (χ3v) is 5.55. The number of rotatable bonds is 10. The molecule has 0 spiro atoms. The van der Waals surface area contributed by atoms with Crippen LogP contribution < -0.4 is 5.32 Å². The molecule has 8 nitrogen and oxygen atoms in total. The number of hydrogen-bond donors (Lipinski definition) is 2. The number of nitrogens with zero attached hydrogens (tertiary/aromatic N) is 1. The number of methoxy groups -OCH3 is 1. The van der Waals surface area contributed by atoms with Crippen molar-refractivity contribution >= 4 is 18.0 Å². The summed E-state index contributed by atoms with van der Waals surface area (Å²) in [7, 11) is 1.32. The maximum absolute atomic E-state index is 12.9. The second kappa shape index (κ2) is 11.2. The number of amides is 2.